The van der Waals surface area contributed by atoms with Crippen molar-refractivity contribution in [3.05, 3.63) is 18.1 Å². The molecule has 0 aromatic carbocycles. The van der Waals surface area contributed by atoms with E-state index >= 15 is 0 Å². The third-order valence-electron chi connectivity index (χ3n) is 4.88. The molecule has 1 aromatic rings. The highest BCUT2D eigenvalue weighted by atomic mass is 16.5. The average molecular weight is 291 g/mol. The summed E-state index contributed by atoms with van der Waals surface area (Å²) in [5.74, 6) is -0.410. The summed E-state index contributed by atoms with van der Waals surface area (Å²) in [6.07, 6.45) is 9.01. The van der Waals surface area contributed by atoms with Gasteiger partial charge in [-0.1, -0.05) is 12.8 Å². The van der Waals surface area contributed by atoms with Gasteiger partial charge in [0.25, 0.3) is 0 Å². The number of carbonyl (C=O) groups is 1. The molecule has 21 heavy (non-hydrogen) atoms. The minimum Gasteiger partial charge on any atom is -0.476 e. The monoisotopic (exact) mass is 291 g/mol. The van der Waals surface area contributed by atoms with Crippen LogP contribution >= 0.6 is 0 Å². The first-order chi connectivity index (χ1) is 10.2. The molecule has 2 aliphatic rings. The third kappa shape index (κ3) is 2.48. The normalized spacial score (nSPS) is 26.5. The molecule has 0 amide bonds. The number of nitrogens with one attached hydrogen (secondary N) is 1. The quantitative estimate of drug-likeness (QED) is 0.866. The van der Waals surface area contributed by atoms with Crippen molar-refractivity contribution >= 4 is 11.8 Å². The Hall–Kier alpha value is -1.69. The minimum absolute atomic E-state index is 0.0306. The smallest absolute Gasteiger partial charge is 0.356 e. The molecule has 2 N–H and O–H groups in total. The first-order valence-electron chi connectivity index (χ1n) is 7.59. The number of anilines is 1. The fraction of sp³-hybridized carbons (Fsp3) is 0.667. The second kappa shape index (κ2) is 5.60. The predicted molar refractivity (Wildman–Crippen MR) is 77.3 cm³/mol. The molecule has 6 heteroatoms. The van der Waals surface area contributed by atoms with E-state index < -0.39 is 5.97 Å². The van der Waals surface area contributed by atoms with E-state index in [2.05, 4.69) is 15.3 Å². The lowest BCUT2D eigenvalue weighted by Crippen LogP contribution is -2.60. The van der Waals surface area contributed by atoms with Crippen LogP contribution in [0.3, 0.4) is 0 Å². The van der Waals surface area contributed by atoms with Crippen molar-refractivity contribution in [2.45, 2.75) is 51.2 Å². The molecule has 0 aliphatic heterocycles. The number of aromatic nitrogens is 2. The van der Waals surface area contributed by atoms with Crippen molar-refractivity contribution in [1.29, 1.82) is 0 Å². The van der Waals surface area contributed by atoms with E-state index in [1.807, 2.05) is 6.92 Å². The van der Waals surface area contributed by atoms with Gasteiger partial charge in [0.2, 0.25) is 0 Å². The van der Waals surface area contributed by atoms with Gasteiger partial charge < -0.3 is 15.2 Å². The van der Waals surface area contributed by atoms with Gasteiger partial charge in [0.1, 0.15) is 5.82 Å². The average Bonchev–Trinajstić information content (AvgIpc) is 2.99. The predicted octanol–water partition coefficient (Wildman–Crippen LogP) is 2.32. The highest BCUT2D eigenvalue weighted by molar-refractivity contribution is 5.84. The van der Waals surface area contributed by atoms with Crippen molar-refractivity contribution in [2.75, 3.05) is 11.9 Å². The Morgan fingerprint density at radius 1 is 1.43 bits per heavy atom. The maximum Gasteiger partial charge on any atom is 0.356 e. The molecular weight excluding hydrogens is 270 g/mol. The second-order valence-electron chi connectivity index (χ2n) is 5.91. The molecular formula is C15H21N3O3. The van der Waals surface area contributed by atoms with E-state index in [9.17, 15) is 4.79 Å². The largest absolute Gasteiger partial charge is 0.476 e. The summed E-state index contributed by atoms with van der Waals surface area (Å²) in [4.78, 5) is 18.8. The van der Waals surface area contributed by atoms with Gasteiger partial charge >= 0.3 is 5.97 Å². The minimum atomic E-state index is -1.05. The molecule has 1 aromatic heterocycles. The molecule has 1 heterocycles. The topological polar surface area (TPSA) is 84.3 Å². The zero-order valence-electron chi connectivity index (χ0n) is 12.2. The van der Waals surface area contributed by atoms with Crippen molar-refractivity contribution in [1.82, 2.24) is 9.97 Å². The van der Waals surface area contributed by atoms with Gasteiger partial charge in [-0.3, -0.25) is 0 Å². The summed E-state index contributed by atoms with van der Waals surface area (Å²) in [6.45, 7) is 2.80. The molecule has 2 unspecified atom stereocenters. The van der Waals surface area contributed by atoms with Crippen LogP contribution in [0.25, 0.3) is 0 Å². The van der Waals surface area contributed by atoms with Crippen LogP contribution in [0.4, 0.5) is 5.82 Å². The van der Waals surface area contributed by atoms with Crippen molar-refractivity contribution in [2.24, 2.45) is 5.41 Å². The molecule has 0 bridgehead atoms. The molecule has 2 fully saturated rings. The van der Waals surface area contributed by atoms with Crippen molar-refractivity contribution in [3.63, 3.8) is 0 Å². The number of carboxylic acids is 1. The zero-order valence-corrected chi connectivity index (χ0v) is 12.2. The van der Waals surface area contributed by atoms with Crippen molar-refractivity contribution < 1.29 is 14.6 Å². The molecule has 0 radical (unpaired) electrons. The third-order valence-corrected chi connectivity index (χ3v) is 4.88. The number of nitrogens with zero attached hydrogens (tertiary/aromatic N) is 2. The zero-order chi connectivity index (χ0) is 14.9. The fourth-order valence-electron chi connectivity index (χ4n) is 3.78. The van der Waals surface area contributed by atoms with Gasteiger partial charge in [-0.25, -0.2) is 14.8 Å². The van der Waals surface area contributed by atoms with Crippen LogP contribution in [-0.4, -0.2) is 39.8 Å². The summed E-state index contributed by atoms with van der Waals surface area (Å²) in [5.41, 5.74) is 0.195. The van der Waals surface area contributed by atoms with Crippen LogP contribution in [-0.2, 0) is 4.74 Å². The molecule has 0 saturated heterocycles. The van der Waals surface area contributed by atoms with Gasteiger partial charge in [0.15, 0.2) is 5.69 Å². The van der Waals surface area contributed by atoms with E-state index in [0.29, 0.717) is 18.0 Å². The lowest BCUT2D eigenvalue weighted by molar-refractivity contribution is -0.114. The van der Waals surface area contributed by atoms with Crippen LogP contribution in [0.1, 0.15) is 49.5 Å². The van der Waals surface area contributed by atoms with E-state index in [0.717, 1.165) is 13.0 Å². The van der Waals surface area contributed by atoms with Gasteiger partial charge in [-0.05, 0) is 26.2 Å². The lowest BCUT2D eigenvalue weighted by Gasteiger charge is -2.54. The number of ether oxygens (including phenoxy) is 1. The van der Waals surface area contributed by atoms with E-state index in [4.69, 9.17) is 9.84 Å². The van der Waals surface area contributed by atoms with Crippen LogP contribution in [0.2, 0.25) is 0 Å². The van der Waals surface area contributed by atoms with E-state index in [1.54, 1.807) is 0 Å². The summed E-state index contributed by atoms with van der Waals surface area (Å²) in [7, 11) is 0. The Morgan fingerprint density at radius 3 is 2.76 bits per heavy atom. The maximum atomic E-state index is 10.8. The van der Waals surface area contributed by atoms with E-state index in [-0.39, 0.29) is 11.1 Å². The Labute approximate surface area is 123 Å². The summed E-state index contributed by atoms with van der Waals surface area (Å²) < 4.78 is 5.88. The number of carboxylic acid groups (broad SMARTS) is 1. The van der Waals surface area contributed by atoms with Gasteiger partial charge in [-0.2, -0.15) is 0 Å². The van der Waals surface area contributed by atoms with Crippen LogP contribution in [0.5, 0.6) is 0 Å². The second-order valence-corrected chi connectivity index (χ2v) is 5.91. The van der Waals surface area contributed by atoms with Gasteiger partial charge in [-0.15, -0.1) is 0 Å². The molecule has 6 nitrogen and oxygen atoms in total. The molecule has 114 valence electrons. The number of aromatic carboxylic acids is 1. The van der Waals surface area contributed by atoms with Crippen LogP contribution in [0.15, 0.2) is 12.4 Å². The first-order valence-corrected chi connectivity index (χ1v) is 7.59. The Morgan fingerprint density at radius 2 is 2.19 bits per heavy atom. The molecule has 2 saturated carbocycles. The Bertz CT molecular complexity index is 511. The van der Waals surface area contributed by atoms with Gasteiger partial charge in [0, 0.05) is 18.1 Å². The van der Waals surface area contributed by atoms with Gasteiger partial charge in [0.05, 0.1) is 18.5 Å². The Kier molecular flexibility index (Phi) is 3.80. The molecule has 1 spiro atoms. The molecule has 2 atom stereocenters. The summed E-state index contributed by atoms with van der Waals surface area (Å²) in [5, 5.41) is 12.3. The molecule has 2 aliphatic carbocycles. The summed E-state index contributed by atoms with van der Waals surface area (Å²) in [6, 6.07) is 0.349. The number of rotatable bonds is 5. The highest BCUT2D eigenvalue weighted by Crippen LogP contribution is 2.55. The summed E-state index contributed by atoms with van der Waals surface area (Å²) >= 11 is 0. The standard InChI is InChI=1S/C15H21N3O3/c1-2-21-12-7-11(15(12)5-3-4-6-15)18-13-9-16-10(8-17-13)14(19)20/h8-9,11-12H,2-7H2,1H3,(H,17,18)(H,19,20). The Balaban J connectivity index is 1.69. The van der Waals surface area contributed by atoms with E-state index in [1.165, 1.54) is 38.1 Å². The SMILES string of the molecule is CCOC1CC(Nc2cnc(C(=O)O)cn2)C12CCCC2. The first kappa shape index (κ1) is 14.3. The number of hydrogen-bond acceptors (Lipinski definition) is 5. The van der Waals surface area contributed by atoms with Crippen LogP contribution in [0, 0.1) is 5.41 Å². The van der Waals surface area contributed by atoms with Crippen LogP contribution < -0.4 is 5.32 Å². The molecule has 3 rings (SSSR count). The lowest BCUT2D eigenvalue weighted by atomic mass is 9.60. The fourth-order valence-corrected chi connectivity index (χ4v) is 3.78. The van der Waals surface area contributed by atoms with Crippen molar-refractivity contribution in [3.8, 4) is 0 Å². The highest BCUT2D eigenvalue weighted by Gasteiger charge is 2.56. The maximum absolute atomic E-state index is 10.8. The number of hydrogen-bond donors (Lipinski definition) is 2.